The zero-order valence-corrected chi connectivity index (χ0v) is 14.0. The van der Waals surface area contributed by atoms with Gasteiger partial charge in [0.15, 0.2) is 0 Å². The zero-order valence-electron chi connectivity index (χ0n) is 12.5. The number of benzene rings is 1. The maximum absolute atomic E-state index is 12.7. The summed E-state index contributed by atoms with van der Waals surface area (Å²) < 4.78 is 0. The van der Waals surface area contributed by atoms with Gasteiger partial charge in [0.1, 0.15) is 0 Å². The number of carbonyl (C=O) groups is 1. The van der Waals surface area contributed by atoms with E-state index in [-0.39, 0.29) is 11.9 Å². The average molecular weight is 342 g/mol. The van der Waals surface area contributed by atoms with E-state index in [0.717, 1.165) is 51.1 Å². The highest BCUT2D eigenvalue weighted by atomic mass is 35.5. The molecule has 0 spiro atoms. The number of likely N-dealkylation sites (tertiary alicyclic amines) is 1. The number of hydrogen-bond donors (Lipinski definition) is 1. The van der Waals surface area contributed by atoms with Crippen molar-refractivity contribution in [2.45, 2.75) is 18.9 Å². The Labute approximate surface area is 141 Å². The van der Waals surface area contributed by atoms with E-state index in [1.54, 1.807) is 0 Å². The highest BCUT2D eigenvalue weighted by Gasteiger charge is 2.31. The molecule has 2 aliphatic heterocycles. The van der Waals surface area contributed by atoms with Crippen LogP contribution in [-0.2, 0) is 4.79 Å². The number of nitrogens with one attached hydrogen (secondary N) is 1. The van der Waals surface area contributed by atoms with E-state index in [9.17, 15) is 4.79 Å². The number of carbonyl (C=O) groups excluding carboxylic acids is 1. The van der Waals surface area contributed by atoms with Gasteiger partial charge in [-0.25, -0.2) is 0 Å². The van der Waals surface area contributed by atoms with Crippen LogP contribution in [0, 0.1) is 0 Å². The molecule has 2 fully saturated rings. The molecule has 1 amide bonds. The van der Waals surface area contributed by atoms with Crippen molar-refractivity contribution in [3.63, 3.8) is 0 Å². The Morgan fingerprint density at radius 1 is 1.18 bits per heavy atom. The lowest BCUT2D eigenvalue weighted by Gasteiger charge is -2.31. The first-order valence-corrected chi connectivity index (χ1v) is 8.58. The quantitative estimate of drug-likeness (QED) is 0.917. The molecule has 22 heavy (non-hydrogen) atoms. The fourth-order valence-electron chi connectivity index (χ4n) is 3.28. The molecule has 2 aliphatic rings. The number of nitrogens with zero attached hydrogens (tertiary/aromatic N) is 2. The summed E-state index contributed by atoms with van der Waals surface area (Å²) in [5, 5.41) is 4.42. The maximum Gasteiger partial charge on any atom is 0.237 e. The Morgan fingerprint density at radius 2 is 1.95 bits per heavy atom. The highest BCUT2D eigenvalue weighted by Crippen LogP contribution is 2.35. The van der Waals surface area contributed by atoms with Crippen molar-refractivity contribution in [1.29, 1.82) is 0 Å². The molecule has 120 valence electrons. The number of hydrogen-bond acceptors (Lipinski definition) is 3. The molecular formula is C16H21Cl2N3O. The van der Waals surface area contributed by atoms with E-state index in [1.807, 2.05) is 23.1 Å². The number of amides is 1. The number of piperazine rings is 1. The minimum absolute atomic E-state index is 0.130. The summed E-state index contributed by atoms with van der Waals surface area (Å²) in [5.41, 5.74) is 1.08. The Kier molecular flexibility index (Phi) is 5.24. The smallest absolute Gasteiger partial charge is 0.237 e. The molecule has 1 N–H and O–H groups in total. The summed E-state index contributed by atoms with van der Waals surface area (Å²) in [5.74, 6) is 0.218. The Balaban J connectivity index is 1.69. The lowest BCUT2D eigenvalue weighted by Crippen LogP contribution is -2.48. The molecule has 1 atom stereocenters. The molecule has 4 nitrogen and oxygen atoms in total. The van der Waals surface area contributed by atoms with E-state index in [0.29, 0.717) is 16.6 Å². The van der Waals surface area contributed by atoms with Gasteiger partial charge in [0.05, 0.1) is 22.6 Å². The van der Waals surface area contributed by atoms with Crippen LogP contribution in [0.25, 0.3) is 0 Å². The molecule has 6 heteroatoms. The van der Waals surface area contributed by atoms with Gasteiger partial charge in [0, 0.05) is 32.7 Å². The van der Waals surface area contributed by atoms with Crippen LogP contribution in [0.1, 0.15) is 24.4 Å². The fourth-order valence-corrected chi connectivity index (χ4v) is 3.59. The lowest BCUT2D eigenvalue weighted by molar-refractivity contribution is -0.133. The van der Waals surface area contributed by atoms with Gasteiger partial charge < -0.3 is 10.2 Å². The molecule has 1 unspecified atom stereocenters. The van der Waals surface area contributed by atoms with Crippen molar-refractivity contribution in [1.82, 2.24) is 15.1 Å². The predicted molar refractivity (Wildman–Crippen MR) is 89.5 cm³/mol. The summed E-state index contributed by atoms with van der Waals surface area (Å²) in [6.45, 7) is 5.15. The molecule has 0 saturated carbocycles. The summed E-state index contributed by atoms with van der Waals surface area (Å²) in [6.07, 6.45) is 2.03. The van der Waals surface area contributed by atoms with Crippen molar-refractivity contribution >= 4 is 29.1 Å². The highest BCUT2D eigenvalue weighted by molar-refractivity contribution is 6.42. The zero-order chi connectivity index (χ0) is 15.5. The SMILES string of the molecule is O=C(CN1CCNCC1)N1CCCC1c1ccc(Cl)c(Cl)c1. The number of rotatable bonds is 3. The fraction of sp³-hybridized carbons (Fsp3) is 0.562. The molecule has 0 aliphatic carbocycles. The minimum atomic E-state index is 0.130. The topological polar surface area (TPSA) is 35.6 Å². The molecule has 0 aromatic heterocycles. The van der Waals surface area contributed by atoms with E-state index in [2.05, 4.69) is 10.2 Å². The van der Waals surface area contributed by atoms with Gasteiger partial charge in [-0.2, -0.15) is 0 Å². The van der Waals surface area contributed by atoms with E-state index in [1.165, 1.54) is 0 Å². The van der Waals surface area contributed by atoms with Crippen LogP contribution in [-0.4, -0.2) is 55.0 Å². The third-order valence-electron chi connectivity index (χ3n) is 4.47. The minimum Gasteiger partial charge on any atom is -0.335 e. The van der Waals surface area contributed by atoms with Crippen LogP contribution in [0.5, 0.6) is 0 Å². The predicted octanol–water partition coefficient (Wildman–Crippen LogP) is 2.56. The molecule has 2 heterocycles. The van der Waals surface area contributed by atoms with E-state index >= 15 is 0 Å². The average Bonchev–Trinajstić information content (AvgIpc) is 3.01. The van der Waals surface area contributed by atoms with Gasteiger partial charge >= 0.3 is 0 Å². The first-order chi connectivity index (χ1) is 10.6. The molecule has 1 aromatic carbocycles. The summed E-state index contributed by atoms with van der Waals surface area (Å²) in [6, 6.07) is 5.82. The first kappa shape index (κ1) is 16.1. The van der Waals surface area contributed by atoms with Gasteiger partial charge in [-0.15, -0.1) is 0 Å². The summed E-state index contributed by atoms with van der Waals surface area (Å²) in [4.78, 5) is 16.9. The van der Waals surface area contributed by atoms with E-state index < -0.39 is 0 Å². The third-order valence-corrected chi connectivity index (χ3v) is 5.21. The second-order valence-electron chi connectivity index (χ2n) is 5.94. The van der Waals surface area contributed by atoms with Gasteiger partial charge in [-0.1, -0.05) is 29.3 Å². The lowest BCUT2D eigenvalue weighted by atomic mass is 10.0. The van der Waals surface area contributed by atoms with Crippen molar-refractivity contribution in [3.8, 4) is 0 Å². The largest absolute Gasteiger partial charge is 0.335 e. The molecule has 3 rings (SSSR count). The van der Waals surface area contributed by atoms with E-state index in [4.69, 9.17) is 23.2 Å². The maximum atomic E-state index is 12.7. The normalized spacial score (nSPS) is 23.0. The first-order valence-electron chi connectivity index (χ1n) is 7.82. The Hall–Kier alpha value is -0.810. The molecule has 1 aromatic rings. The van der Waals surface area contributed by atoms with Crippen LogP contribution in [0.3, 0.4) is 0 Å². The monoisotopic (exact) mass is 341 g/mol. The Bertz CT molecular complexity index is 546. The molecular weight excluding hydrogens is 321 g/mol. The van der Waals surface area contributed by atoms with Crippen molar-refractivity contribution in [3.05, 3.63) is 33.8 Å². The second kappa shape index (κ2) is 7.18. The summed E-state index contributed by atoms with van der Waals surface area (Å²) in [7, 11) is 0. The van der Waals surface area contributed by atoms with Gasteiger partial charge in [0.2, 0.25) is 5.91 Å². The molecule has 2 saturated heterocycles. The van der Waals surface area contributed by atoms with Crippen molar-refractivity contribution < 1.29 is 4.79 Å². The van der Waals surface area contributed by atoms with Crippen LogP contribution in [0.2, 0.25) is 10.0 Å². The standard InChI is InChI=1S/C16H21Cl2N3O/c17-13-4-3-12(10-14(13)18)15-2-1-7-21(15)16(22)11-20-8-5-19-6-9-20/h3-4,10,15,19H,1-2,5-9,11H2. The molecule has 0 radical (unpaired) electrons. The molecule has 0 bridgehead atoms. The van der Waals surface area contributed by atoms with Gasteiger partial charge in [-0.05, 0) is 30.5 Å². The van der Waals surface area contributed by atoms with Crippen molar-refractivity contribution in [2.24, 2.45) is 0 Å². The van der Waals surface area contributed by atoms with Crippen LogP contribution < -0.4 is 5.32 Å². The van der Waals surface area contributed by atoms with Gasteiger partial charge in [0.25, 0.3) is 0 Å². The van der Waals surface area contributed by atoms with Crippen LogP contribution in [0.4, 0.5) is 0 Å². The van der Waals surface area contributed by atoms with Crippen molar-refractivity contribution in [2.75, 3.05) is 39.3 Å². The second-order valence-corrected chi connectivity index (χ2v) is 6.76. The summed E-state index contributed by atoms with van der Waals surface area (Å²) >= 11 is 12.1. The number of halogens is 2. The Morgan fingerprint density at radius 3 is 2.68 bits per heavy atom. The van der Waals surface area contributed by atoms with Crippen LogP contribution in [0.15, 0.2) is 18.2 Å². The van der Waals surface area contributed by atoms with Gasteiger partial charge in [-0.3, -0.25) is 9.69 Å². The third kappa shape index (κ3) is 3.57. The van der Waals surface area contributed by atoms with Crippen LogP contribution >= 0.6 is 23.2 Å².